The average molecular weight is 420 g/mol. The van der Waals surface area contributed by atoms with Crippen LogP contribution in [0.2, 0.25) is 0 Å². The third-order valence-corrected chi connectivity index (χ3v) is 6.57. The molecule has 1 aromatic heterocycles. The fourth-order valence-corrected chi connectivity index (χ4v) is 4.90. The predicted octanol–water partition coefficient (Wildman–Crippen LogP) is 3.63. The zero-order chi connectivity index (χ0) is 20.9. The van der Waals surface area contributed by atoms with Crippen LogP contribution in [0.5, 0.6) is 0 Å². The summed E-state index contributed by atoms with van der Waals surface area (Å²) in [6.07, 6.45) is 4.01. The van der Waals surface area contributed by atoms with Gasteiger partial charge in [0, 0.05) is 40.3 Å². The van der Waals surface area contributed by atoms with Crippen LogP contribution in [0, 0.1) is 0 Å². The molecule has 30 heavy (non-hydrogen) atoms. The summed E-state index contributed by atoms with van der Waals surface area (Å²) in [6.45, 7) is 2.63. The fourth-order valence-electron chi connectivity index (χ4n) is 3.70. The van der Waals surface area contributed by atoms with E-state index in [1.54, 1.807) is 6.08 Å². The van der Waals surface area contributed by atoms with Crippen LogP contribution >= 0.6 is 0 Å². The second kappa shape index (κ2) is 9.22. The number of carbonyl (C=O) groups excluding carboxylic acids is 1. The second-order valence-corrected chi connectivity index (χ2v) is 9.04. The molecule has 1 N–H and O–H groups in total. The molecule has 2 atom stereocenters. The van der Waals surface area contributed by atoms with Crippen LogP contribution in [0.15, 0.2) is 66.7 Å². The van der Waals surface area contributed by atoms with E-state index >= 15 is 0 Å². The number of aromatic nitrogens is 2. The predicted molar refractivity (Wildman–Crippen MR) is 120 cm³/mol. The van der Waals surface area contributed by atoms with Gasteiger partial charge in [0.15, 0.2) is 0 Å². The number of hydrogen-bond donors (Lipinski definition) is 1. The van der Waals surface area contributed by atoms with E-state index < -0.39 is 10.8 Å². The second-order valence-electron chi connectivity index (χ2n) is 7.47. The van der Waals surface area contributed by atoms with Gasteiger partial charge in [-0.15, -0.1) is 0 Å². The number of carbonyl (C=O) groups is 1. The summed E-state index contributed by atoms with van der Waals surface area (Å²) in [4.78, 5) is 12.4. The van der Waals surface area contributed by atoms with Gasteiger partial charge in [-0.1, -0.05) is 60.7 Å². The molecule has 4 rings (SSSR count). The van der Waals surface area contributed by atoms with Crippen molar-refractivity contribution in [1.82, 2.24) is 15.1 Å². The van der Waals surface area contributed by atoms with Gasteiger partial charge >= 0.3 is 0 Å². The molecule has 1 aliphatic heterocycles. The van der Waals surface area contributed by atoms with Gasteiger partial charge in [-0.25, -0.2) is 0 Å². The lowest BCUT2D eigenvalue weighted by atomic mass is 10.1. The van der Waals surface area contributed by atoms with Crippen molar-refractivity contribution in [1.29, 1.82) is 0 Å². The van der Waals surface area contributed by atoms with Crippen LogP contribution < -0.4 is 5.32 Å². The summed E-state index contributed by atoms with van der Waals surface area (Å²) in [5, 5.41) is 7.73. The SMILES string of the molecule is C[C@@H](NC(=O)/C=C/c1nn(Cc2ccccc2)c2c1CS(=O)CC2)c1ccccc1. The Morgan fingerprint density at radius 2 is 1.87 bits per heavy atom. The van der Waals surface area contributed by atoms with Crippen molar-refractivity contribution in [2.75, 3.05) is 5.75 Å². The molecular weight excluding hydrogens is 394 g/mol. The molecule has 0 saturated carbocycles. The Morgan fingerprint density at radius 1 is 1.17 bits per heavy atom. The van der Waals surface area contributed by atoms with Crippen molar-refractivity contribution in [3.8, 4) is 0 Å². The first-order chi connectivity index (χ1) is 14.6. The molecule has 0 spiro atoms. The first kappa shape index (κ1) is 20.3. The highest BCUT2D eigenvalue weighted by atomic mass is 32.2. The molecule has 0 aliphatic carbocycles. The minimum Gasteiger partial charge on any atom is -0.346 e. The van der Waals surface area contributed by atoms with E-state index in [1.165, 1.54) is 11.6 Å². The molecule has 1 aliphatic rings. The number of benzene rings is 2. The van der Waals surface area contributed by atoms with Crippen molar-refractivity contribution >= 4 is 22.8 Å². The molecule has 1 unspecified atom stereocenters. The minimum absolute atomic E-state index is 0.0830. The summed E-state index contributed by atoms with van der Waals surface area (Å²) < 4.78 is 14.1. The normalized spacial score (nSPS) is 16.9. The Balaban J connectivity index is 1.53. The molecular formula is C24H25N3O2S. The van der Waals surface area contributed by atoms with Crippen LogP contribution in [0.25, 0.3) is 6.08 Å². The van der Waals surface area contributed by atoms with E-state index in [0.29, 0.717) is 18.1 Å². The highest BCUT2D eigenvalue weighted by molar-refractivity contribution is 7.84. The van der Waals surface area contributed by atoms with Crippen LogP contribution in [0.1, 0.15) is 41.0 Å². The van der Waals surface area contributed by atoms with Crippen molar-refractivity contribution in [3.63, 3.8) is 0 Å². The summed E-state index contributed by atoms with van der Waals surface area (Å²) in [5.74, 6) is 0.979. The fraction of sp³-hybridized carbons (Fsp3) is 0.250. The highest BCUT2D eigenvalue weighted by Gasteiger charge is 2.23. The van der Waals surface area contributed by atoms with Gasteiger partial charge in [0.05, 0.1) is 24.0 Å². The number of rotatable bonds is 6. The molecule has 0 bridgehead atoms. The van der Waals surface area contributed by atoms with Gasteiger partial charge in [-0.05, 0) is 24.1 Å². The highest BCUT2D eigenvalue weighted by Crippen LogP contribution is 2.24. The molecule has 0 radical (unpaired) electrons. The van der Waals surface area contributed by atoms with E-state index in [2.05, 4.69) is 17.4 Å². The van der Waals surface area contributed by atoms with Crippen LogP contribution in [-0.2, 0) is 34.3 Å². The Labute approximate surface area is 179 Å². The van der Waals surface area contributed by atoms with Gasteiger partial charge < -0.3 is 5.32 Å². The van der Waals surface area contributed by atoms with Crippen LogP contribution in [0.4, 0.5) is 0 Å². The lowest BCUT2D eigenvalue weighted by molar-refractivity contribution is -0.117. The molecule has 0 saturated heterocycles. The summed E-state index contributed by atoms with van der Waals surface area (Å²) in [5.41, 5.74) is 5.07. The zero-order valence-electron chi connectivity index (χ0n) is 17.0. The van der Waals surface area contributed by atoms with Crippen LogP contribution in [0.3, 0.4) is 0 Å². The number of nitrogens with one attached hydrogen (secondary N) is 1. The zero-order valence-corrected chi connectivity index (χ0v) is 17.8. The maximum Gasteiger partial charge on any atom is 0.244 e. The molecule has 154 valence electrons. The number of amides is 1. The lowest BCUT2D eigenvalue weighted by Gasteiger charge is -2.14. The van der Waals surface area contributed by atoms with Gasteiger partial charge in [0.2, 0.25) is 5.91 Å². The van der Waals surface area contributed by atoms with E-state index in [0.717, 1.165) is 28.9 Å². The Hall–Kier alpha value is -2.99. The summed E-state index contributed by atoms with van der Waals surface area (Å²) in [6, 6.07) is 19.9. The Kier molecular flexibility index (Phi) is 6.23. The minimum atomic E-state index is -0.881. The maximum absolute atomic E-state index is 12.4. The average Bonchev–Trinajstić information content (AvgIpc) is 3.10. The molecule has 3 aromatic rings. The van der Waals surface area contributed by atoms with Crippen molar-refractivity contribution in [2.24, 2.45) is 0 Å². The quantitative estimate of drug-likeness (QED) is 0.621. The molecule has 2 aromatic carbocycles. The van der Waals surface area contributed by atoms with Gasteiger partial charge in [0.1, 0.15) is 0 Å². The van der Waals surface area contributed by atoms with Gasteiger partial charge in [-0.2, -0.15) is 5.10 Å². The van der Waals surface area contributed by atoms with E-state index in [9.17, 15) is 9.00 Å². The lowest BCUT2D eigenvalue weighted by Crippen LogP contribution is -2.24. The van der Waals surface area contributed by atoms with E-state index in [4.69, 9.17) is 5.10 Å². The maximum atomic E-state index is 12.4. The number of hydrogen-bond acceptors (Lipinski definition) is 3. The third-order valence-electron chi connectivity index (χ3n) is 5.30. The topological polar surface area (TPSA) is 64.0 Å². The van der Waals surface area contributed by atoms with E-state index in [1.807, 2.05) is 60.1 Å². The Bertz CT molecular complexity index is 1070. The Morgan fingerprint density at radius 3 is 2.60 bits per heavy atom. The molecule has 6 heteroatoms. The third kappa shape index (κ3) is 4.76. The first-order valence-corrected chi connectivity index (χ1v) is 11.6. The number of fused-ring (bicyclic) bond motifs is 1. The molecule has 2 heterocycles. The molecule has 0 fully saturated rings. The number of nitrogens with zero attached hydrogens (tertiary/aromatic N) is 2. The smallest absolute Gasteiger partial charge is 0.244 e. The van der Waals surface area contributed by atoms with Crippen LogP contribution in [-0.4, -0.2) is 25.6 Å². The van der Waals surface area contributed by atoms with Crippen molar-refractivity contribution < 1.29 is 9.00 Å². The largest absolute Gasteiger partial charge is 0.346 e. The van der Waals surface area contributed by atoms with Gasteiger partial charge in [-0.3, -0.25) is 13.7 Å². The monoisotopic (exact) mass is 419 g/mol. The molecule has 1 amide bonds. The van der Waals surface area contributed by atoms with Gasteiger partial charge in [0.25, 0.3) is 0 Å². The standard InChI is InChI=1S/C24H25N3O2S/c1-18(20-10-6-3-7-11-20)25-24(28)13-12-22-21-17-30(29)15-14-23(21)27(26-22)16-19-8-4-2-5-9-19/h2-13,18H,14-17H2,1H3,(H,25,28)/b13-12+/t18-,30?/m1/s1. The van der Waals surface area contributed by atoms with Crippen molar-refractivity contribution in [3.05, 3.63) is 94.8 Å². The molecule has 5 nitrogen and oxygen atoms in total. The van der Waals surface area contributed by atoms with Crippen molar-refractivity contribution in [2.45, 2.75) is 31.7 Å². The summed E-state index contributed by atoms with van der Waals surface area (Å²) in [7, 11) is -0.881. The first-order valence-electron chi connectivity index (χ1n) is 10.1. The van der Waals surface area contributed by atoms with E-state index in [-0.39, 0.29) is 11.9 Å². The summed E-state index contributed by atoms with van der Waals surface area (Å²) >= 11 is 0.